The van der Waals surface area contributed by atoms with Crippen LogP contribution in [0.25, 0.3) is 5.65 Å². The third-order valence-corrected chi connectivity index (χ3v) is 4.34. The predicted octanol–water partition coefficient (Wildman–Crippen LogP) is 3.73. The number of carbonyl (C=O) groups excluding carboxylic acids is 3. The molecule has 0 unspecified atom stereocenters. The van der Waals surface area contributed by atoms with Gasteiger partial charge in [-0.1, -0.05) is 6.07 Å². The van der Waals surface area contributed by atoms with Crippen molar-refractivity contribution in [1.29, 1.82) is 0 Å². The normalized spacial score (nSPS) is 12.0. The van der Waals surface area contributed by atoms with E-state index in [1.807, 2.05) is 5.32 Å². The fourth-order valence-corrected chi connectivity index (χ4v) is 2.85. The number of ketones is 1. The summed E-state index contributed by atoms with van der Waals surface area (Å²) in [6.07, 6.45) is -3.33. The SMILES string of the molecule is CC(=O)c1cn2c(CN(CCCCNC(=O)C(F)(F)F)C(=O)OC(C)(C)C)cccc2n1. The first kappa shape index (κ1) is 25.2. The number of pyridine rings is 1. The molecule has 2 aromatic heterocycles. The van der Waals surface area contributed by atoms with Crippen LogP contribution in [0.2, 0.25) is 0 Å². The van der Waals surface area contributed by atoms with E-state index >= 15 is 0 Å². The molecule has 0 radical (unpaired) electrons. The number of halogens is 3. The van der Waals surface area contributed by atoms with E-state index in [1.54, 1.807) is 49.6 Å². The number of hydrogen-bond donors (Lipinski definition) is 1. The zero-order valence-electron chi connectivity index (χ0n) is 18.5. The van der Waals surface area contributed by atoms with Gasteiger partial charge in [0.2, 0.25) is 0 Å². The number of ether oxygens (including phenoxy) is 1. The lowest BCUT2D eigenvalue weighted by Gasteiger charge is -2.27. The molecule has 2 heterocycles. The smallest absolute Gasteiger partial charge is 0.444 e. The molecular formula is C21H27F3N4O4. The second-order valence-corrected chi connectivity index (χ2v) is 8.29. The molecule has 11 heteroatoms. The van der Waals surface area contributed by atoms with Gasteiger partial charge in [-0.2, -0.15) is 13.2 Å². The molecule has 0 atom stereocenters. The van der Waals surface area contributed by atoms with Crippen LogP contribution in [0.5, 0.6) is 0 Å². The lowest BCUT2D eigenvalue weighted by molar-refractivity contribution is -0.173. The molecule has 8 nitrogen and oxygen atoms in total. The maximum absolute atomic E-state index is 12.7. The Morgan fingerprint density at radius 3 is 2.44 bits per heavy atom. The fourth-order valence-electron chi connectivity index (χ4n) is 2.85. The average molecular weight is 456 g/mol. The molecule has 0 aliphatic heterocycles. The number of Topliss-reactive ketones (excluding diaryl/α,β-unsaturated/α-hetero) is 1. The Morgan fingerprint density at radius 2 is 1.84 bits per heavy atom. The summed E-state index contributed by atoms with van der Waals surface area (Å²) in [6, 6.07) is 5.26. The molecule has 32 heavy (non-hydrogen) atoms. The van der Waals surface area contributed by atoms with Crippen molar-refractivity contribution in [2.24, 2.45) is 0 Å². The molecule has 0 saturated heterocycles. The van der Waals surface area contributed by atoms with Crippen LogP contribution in [0.4, 0.5) is 18.0 Å². The summed E-state index contributed by atoms with van der Waals surface area (Å²) in [5, 5.41) is 1.81. The second kappa shape index (κ2) is 10.0. The highest BCUT2D eigenvalue weighted by Gasteiger charge is 2.38. The molecule has 1 N–H and O–H groups in total. The van der Waals surface area contributed by atoms with Gasteiger partial charge in [0.05, 0.1) is 6.54 Å². The Kier molecular flexibility index (Phi) is 7.87. The summed E-state index contributed by atoms with van der Waals surface area (Å²) in [5.41, 5.74) is 0.783. The molecular weight excluding hydrogens is 429 g/mol. The van der Waals surface area contributed by atoms with E-state index < -0.39 is 23.8 Å². The number of imidazole rings is 1. The van der Waals surface area contributed by atoms with Crippen LogP contribution in [0, 0.1) is 0 Å². The highest BCUT2D eigenvalue weighted by atomic mass is 19.4. The minimum absolute atomic E-state index is 0.134. The minimum Gasteiger partial charge on any atom is -0.444 e. The van der Waals surface area contributed by atoms with E-state index in [0.29, 0.717) is 23.5 Å². The third-order valence-electron chi connectivity index (χ3n) is 4.34. The summed E-state index contributed by atoms with van der Waals surface area (Å²) in [5.74, 6) is -2.18. The number of fused-ring (bicyclic) bond motifs is 1. The Hall–Kier alpha value is -3.11. The van der Waals surface area contributed by atoms with Crippen molar-refractivity contribution < 1.29 is 32.3 Å². The summed E-state index contributed by atoms with van der Waals surface area (Å²) in [7, 11) is 0. The van der Waals surface area contributed by atoms with Gasteiger partial charge >= 0.3 is 18.2 Å². The van der Waals surface area contributed by atoms with Crippen molar-refractivity contribution in [3.63, 3.8) is 0 Å². The standard InChI is InChI=1S/C21H27F3N4O4/c1-14(29)16-13-28-15(8-7-9-17(28)26-16)12-27(19(31)32-20(2,3)4)11-6-5-10-25-18(30)21(22,23)24/h7-9,13H,5-6,10-12H2,1-4H3,(H,25,30). The largest absolute Gasteiger partial charge is 0.471 e. The van der Waals surface area contributed by atoms with Crippen molar-refractivity contribution in [3.05, 3.63) is 35.8 Å². The number of nitrogens with zero attached hydrogens (tertiary/aromatic N) is 3. The highest BCUT2D eigenvalue weighted by molar-refractivity contribution is 5.92. The quantitative estimate of drug-likeness (QED) is 0.483. The van der Waals surface area contributed by atoms with Crippen LogP contribution < -0.4 is 5.32 Å². The minimum atomic E-state index is -4.93. The maximum Gasteiger partial charge on any atom is 0.471 e. The number of alkyl halides is 3. The van der Waals surface area contributed by atoms with E-state index in [9.17, 15) is 27.6 Å². The molecule has 2 amide bonds. The summed E-state index contributed by atoms with van der Waals surface area (Å²) >= 11 is 0. The van der Waals surface area contributed by atoms with Crippen LogP contribution in [0.15, 0.2) is 24.4 Å². The molecule has 2 rings (SSSR count). The summed E-state index contributed by atoms with van der Waals surface area (Å²) in [6.45, 7) is 6.75. The van der Waals surface area contributed by atoms with Gasteiger partial charge in [-0.25, -0.2) is 9.78 Å². The van der Waals surface area contributed by atoms with Gasteiger partial charge in [0, 0.05) is 31.9 Å². The number of carbonyl (C=O) groups is 3. The molecule has 0 bridgehead atoms. The van der Waals surface area contributed by atoms with Gasteiger partial charge in [-0.05, 0) is 45.7 Å². The Bertz CT molecular complexity index is 980. The predicted molar refractivity (Wildman–Crippen MR) is 110 cm³/mol. The molecule has 0 aromatic carbocycles. The van der Waals surface area contributed by atoms with Crippen LogP contribution in [-0.2, 0) is 16.1 Å². The van der Waals surface area contributed by atoms with Crippen LogP contribution in [0.3, 0.4) is 0 Å². The van der Waals surface area contributed by atoms with Crippen molar-refractivity contribution >= 4 is 23.4 Å². The molecule has 0 aliphatic rings. The number of nitrogens with one attached hydrogen (secondary N) is 1. The zero-order chi connectivity index (χ0) is 24.1. The Labute approximate surface area is 183 Å². The van der Waals surface area contributed by atoms with E-state index in [4.69, 9.17) is 4.74 Å². The van der Waals surface area contributed by atoms with E-state index in [2.05, 4.69) is 4.98 Å². The molecule has 0 aliphatic carbocycles. The van der Waals surface area contributed by atoms with Gasteiger partial charge in [-0.3, -0.25) is 9.59 Å². The summed E-state index contributed by atoms with van der Waals surface area (Å²) in [4.78, 5) is 41.0. The monoisotopic (exact) mass is 456 g/mol. The first-order valence-electron chi connectivity index (χ1n) is 10.1. The van der Waals surface area contributed by atoms with Gasteiger partial charge < -0.3 is 19.4 Å². The fraction of sp³-hybridized carbons (Fsp3) is 0.524. The third kappa shape index (κ3) is 7.24. The van der Waals surface area contributed by atoms with Gasteiger partial charge in [-0.15, -0.1) is 0 Å². The number of aromatic nitrogens is 2. The highest BCUT2D eigenvalue weighted by Crippen LogP contribution is 2.17. The van der Waals surface area contributed by atoms with E-state index in [1.165, 1.54) is 11.8 Å². The van der Waals surface area contributed by atoms with Gasteiger partial charge in [0.25, 0.3) is 0 Å². The Balaban J connectivity index is 2.11. The second-order valence-electron chi connectivity index (χ2n) is 8.29. The van der Waals surface area contributed by atoms with E-state index in [-0.39, 0.29) is 31.8 Å². The topological polar surface area (TPSA) is 93.0 Å². The molecule has 0 spiro atoms. The van der Waals surface area contributed by atoms with Crippen molar-refractivity contribution in [2.45, 2.75) is 58.9 Å². The average Bonchev–Trinajstić information content (AvgIpc) is 3.10. The van der Waals surface area contributed by atoms with Gasteiger partial charge in [0.15, 0.2) is 5.78 Å². The number of hydrogen-bond acceptors (Lipinski definition) is 5. The van der Waals surface area contributed by atoms with Crippen molar-refractivity contribution in [3.8, 4) is 0 Å². The van der Waals surface area contributed by atoms with Gasteiger partial charge in [0.1, 0.15) is 16.9 Å². The zero-order valence-corrected chi connectivity index (χ0v) is 18.5. The van der Waals surface area contributed by atoms with E-state index in [0.717, 1.165) is 0 Å². The molecule has 0 fully saturated rings. The van der Waals surface area contributed by atoms with Crippen LogP contribution in [0.1, 0.15) is 56.7 Å². The number of unbranched alkanes of at least 4 members (excludes halogenated alkanes) is 1. The van der Waals surface area contributed by atoms with Crippen LogP contribution in [-0.4, -0.2) is 56.9 Å². The number of rotatable bonds is 8. The Morgan fingerprint density at radius 1 is 1.16 bits per heavy atom. The van der Waals surface area contributed by atoms with Crippen molar-refractivity contribution in [2.75, 3.05) is 13.1 Å². The summed E-state index contributed by atoms with van der Waals surface area (Å²) < 4.78 is 43.9. The van der Waals surface area contributed by atoms with Crippen LogP contribution >= 0.6 is 0 Å². The number of amides is 2. The molecule has 176 valence electrons. The molecule has 0 saturated carbocycles. The van der Waals surface area contributed by atoms with Crippen molar-refractivity contribution in [1.82, 2.24) is 19.6 Å². The lowest BCUT2D eigenvalue weighted by atomic mass is 10.2. The molecule has 2 aromatic rings. The lowest BCUT2D eigenvalue weighted by Crippen LogP contribution is -2.38. The maximum atomic E-state index is 12.7. The first-order valence-corrected chi connectivity index (χ1v) is 10.1. The first-order chi connectivity index (χ1) is 14.8.